The molecule has 0 bridgehead atoms. The van der Waals surface area contributed by atoms with E-state index in [2.05, 4.69) is 53.0 Å². The smallest absolute Gasteiger partial charge is 0.406 e. The lowest BCUT2D eigenvalue weighted by molar-refractivity contribution is -0.274. The fraction of sp³-hybridized carbons (Fsp3) is 0.433. The van der Waals surface area contributed by atoms with Crippen molar-refractivity contribution in [3.05, 3.63) is 66.5 Å². The number of ether oxygens (including phenoxy) is 1. The first-order chi connectivity index (χ1) is 19.9. The van der Waals surface area contributed by atoms with E-state index in [1.807, 2.05) is 6.07 Å². The van der Waals surface area contributed by atoms with Gasteiger partial charge < -0.3 is 31.3 Å². The van der Waals surface area contributed by atoms with Gasteiger partial charge in [0, 0.05) is 42.6 Å². The summed E-state index contributed by atoms with van der Waals surface area (Å²) < 4.78 is 40.7. The van der Waals surface area contributed by atoms with Gasteiger partial charge in [-0.2, -0.15) is 0 Å². The Bertz CT molecular complexity index is 1170. The van der Waals surface area contributed by atoms with Crippen LogP contribution >= 0.6 is 0 Å². The summed E-state index contributed by atoms with van der Waals surface area (Å²) in [6.45, 7) is 9.79. The number of aromatic nitrogens is 2. The first-order valence-corrected chi connectivity index (χ1v) is 13.6. The average molecular weight is 594 g/mol. The number of halogens is 3. The van der Waals surface area contributed by atoms with Crippen molar-refractivity contribution < 1.29 is 32.9 Å². The van der Waals surface area contributed by atoms with E-state index in [0.717, 1.165) is 18.4 Å². The molecule has 0 aliphatic heterocycles. The third-order valence-corrected chi connectivity index (χ3v) is 5.29. The van der Waals surface area contributed by atoms with Gasteiger partial charge in [0.15, 0.2) is 0 Å². The monoisotopic (exact) mass is 593 g/mol. The number of aliphatic hydroxyl groups is 2. The first kappa shape index (κ1) is 36.3. The number of rotatable bonds is 11. The van der Waals surface area contributed by atoms with Gasteiger partial charge in [0.2, 0.25) is 0 Å². The molecule has 232 valence electrons. The molecule has 1 amide bonds. The molecule has 12 heteroatoms. The number of nitrogens with one attached hydrogen (secondary N) is 2. The van der Waals surface area contributed by atoms with Crippen LogP contribution < -0.4 is 21.1 Å². The number of carbonyl (C=O) groups excluding carboxylic acids is 1. The van der Waals surface area contributed by atoms with Crippen LogP contribution in [0.3, 0.4) is 0 Å². The summed E-state index contributed by atoms with van der Waals surface area (Å²) in [7, 11) is 0. The largest absolute Gasteiger partial charge is 0.573 e. The summed E-state index contributed by atoms with van der Waals surface area (Å²) in [4.78, 5) is 20.8. The molecule has 0 fully saturated rings. The van der Waals surface area contributed by atoms with Gasteiger partial charge in [0.25, 0.3) is 5.91 Å². The van der Waals surface area contributed by atoms with Gasteiger partial charge in [-0.25, -0.2) is 9.97 Å². The lowest BCUT2D eigenvalue weighted by Crippen LogP contribution is -2.25. The van der Waals surface area contributed by atoms with Crippen LogP contribution in [0.1, 0.15) is 50.9 Å². The summed E-state index contributed by atoms with van der Waals surface area (Å²) in [5, 5.41) is 21.9. The quantitative estimate of drug-likeness (QED) is 0.196. The van der Waals surface area contributed by atoms with Crippen molar-refractivity contribution in [3.8, 4) is 17.0 Å². The van der Waals surface area contributed by atoms with Crippen molar-refractivity contribution in [1.29, 1.82) is 0 Å². The lowest BCUT2D eigenvalue weighted by atomic mass is 10.1. The summed E-state index contributed by atoms with van der Waals surface area (Å²) in [5.41, 5.74) is 7.17. The molecule has 9 nitrogen and oxygen atoms in total. The molecule has 0 saturated heterocycles. The van der Waals surface area contributed by atoms with Crippen LogP contribution in [0.5, 0.6) is 5.75 Å². The van der Waals surface area contributed by atoms with E-state index < -0.39 is 6.36 Å². The van der Waals surface area contributed by atoms with Crippen LogP contribution in [-0.2, 0) is 0 Å². The molecular formula is C30H42F3N5O4. The normalized spacial score (nSPS) is 10.8. The molecule has 6 N–H and O–H groups in total. The Hall–Kier alpha value is -3.74. The van der Waals surface area contributed by atoms with Crippen LogP contribution in [0.2, 0.25) is 0 Å². The third kappa shape index (κ3) is 15.9. The van der Waals surface area contributed by atoms with Crippen molar-refractivity contribution in [2.24, 2.45) is 17.6 Å². The van der Waals surface area contributed by atoms with Crippen LogP contribution in [0.15, 0.2) is 60.9 Å². The molecular weight excluding hydrogens is 551 g/mol. The van der Waals surface area contributed by atoms with Crippen molar-refractivity contribution >= 4 is 17.4 Å². The van der Waals surface area contributed by atoms with E-state index in [9.17, 15) is 18.0 Å². The fourth-order valence-electron chi connectivity index (χ4n) is 3.13. The van der Waals surface area contributed by atoms with Gasteiger partial charge in [-0.05, 0) is 61.1 Å². The molecule has 2 aromatic carbocycles. The number of alkyl halides is 3. The van der Waals surface area contributed by atoms with E-state index in [4.69, 9.17) is 15.9 Å². The molecule has 0 radical (unpaired) electrons. The van der Waals surface area contributed by atoms with Crippen molar-refractivity contribution in [3.63, 3.8) is 0 Å². The number of aliphatic hydroxyl groups excluding tert-OH is 2. The van der Waals surface area contributed by atoms with Gasteiger partial charge in [-0.15, -0.1) is 13.2 Å². The maximum absolute atomic E-state index is 12.4. The number of anilines is 2. The number of nitrogens with zero attached hydrogens (tertiary/aromatic N) is 2. The van der Waals surface area contributed by atoms with Gasteiger partial charge in [-0.1, -0.05) is 39.8 Å². The number of hydrogen-bond acceptors (Lipinski definition) is 8. The van der Waals surface area contributed by atoms with Gasteiger partial charge in [0.05, 0.1) is 12.3 Å². The predicted molar refractivity (Wildman–Crippen MR) is 158 cm³/mol. The lowest BCUT2D eigenvalue weighted by Gasteiger charge is -2.11. The Morgan fingerprint density at radius 2 is 1.60 bits per heavy atom. The average Bonchev–Trinajstić information content (AvgIpc) is 2.94. The number of carbonyl (C=O) groups is 1. The molecule has 1 aromatic heterocycles. The Morgan fingerprint density at radius 1 is 0.952 bits per heavy atom. The topological polar surface area (TPSA) is 143 Å². The SMILES string of the molecule is CC(C)CCNC(=O)c1cccc(-c2cc(Nc3ccc(OC(F)(F)F)cc3)ncn2)c1.CC(C)CCO.NCCO. The highest BCUT2D eigenvalue weighted by Crippen LogP contribution is 2.26. The molecule has 1 heterocycles. The second-order valence-corrected chi connectivity index (χ2v) is 9.92. The molecule has 0 aliphatic carbocycles. The first-order valence-electron chi connectivity index (χ1n) is 13.6. The molecule has 3 aromatic rings. The van der Waals surface area contributed by atoms with Gasteiger partial charge in [0.1, 0.15) is 17.9 Å². The minimum atomic E-state index is -4.74. The van der Waals surface area contributed by atoms with E-state index in [-0.39, 0.29) is 18.3 Å². The standard InChI is InChI=1S/C23H23F3N4O2.C5H12O.C2H7NO/c1-15(2)10-11-27-22(31)17-5-3-4-16(12-17)20-13-21(29-14-28-20)30-18-6-8-19(9-7-18)32-23(24,25)26;1-5(2)3-4-6;3-1-2-4/h3-9,12-15H,10-11H2,1-2H3,(H,27,31)(H,28,29,30);5-6H,3-4H2,1-2H3;4H,1-3H2. The Labute approximate surface area is 245 Å². The molecule has 0 spiro atoms. The zero-order valence-electron chi connectivity index (χ0n) is 24.5. The van der Waals surface area contributed by atoms with Crippen LogP contribution in [0.4, 0.5) is 24.7 Å². The van der Waals surface area contributed by atoms with Gasteiger partial charge in [-0.3, -0.25) is 4.79 Å². The highest BCUT2D eigenvalue weighted by Gasteiger charge is 2.30. The van der Waals surface area contributed by atoms with Crippen LogP contribution in [-0.4, -0.2) is 58.8 Å². The van der Waals surface area contributed by atoms with Gasteiger partial charge >= 0.3 is 6.36 Å². The summed E-state index contributed by atoms with van der Waals surface area (Å²) in [6, 6.07) is 14.1. The summed E-state index contributed by atoms with van der Waals surface area (Å²) in [6.07, 6.45) is -1.54. The second-order valence-electron chi connectivity index (χ2n) is 9.92. The minimum Gasteiger partial charge on any atom is -0.406 e. The highest BCUT2D eigenvalue weighted by molar-refractivity contribution is 5.95. The second kappa shape index (κ2) is 19.4. The van der Waals surface area contributed by atoms with E-state index in [0.29, 0.717) is 54.3 Å². The fourth-order valence-corrected chi connectivity index (χ4v) is 3.13. The van der Waals surface area contributed by atoms with E-state index >= 15 is 0 Å². The van der Waals surface area contributed by atoms with Crippen LogP contribution in [0, 0.1) is 11.8 Å². The van der Waals surface area contributed by atoms with E-state index in [1.54, 1.807) is 24.3 Å². The van der Waals surface area contributed by atoms with Crippen molar-refractivity contribution in [2.75, 3.05) is 31.6 Å². The minimum absolute atomic E-state index is 0.0972. The maximum Gasteiger partial charge on any atom is 0.573 e. The molecule has 0 unspecified atom stereocenters. The number of benzene rings is 2. The number of hydrogen-bond donors (Lipinski definition) is 5. The summed E-state index contributed by atoms with van der Waals surface area (Å²) >= 11 is 0. The third-order valence-electron chi connectivity index (χ3n) is 5.29. The molecule has 0 atom stereocenters. The highest BCUT2D eigenvalue weighted by atomic mass is 19.4. The van der Waals surface area contributed by atoms with Crippen LogP contribution in [0.25, 0.3) is 11.3 Å². The maximum atomic E-state index is 12.4. The zero-order valence-corrected chi connectivity index (χ0v) is 24.5. The predicted octanol–water partition coefficient (Wildman–Crippen LogP) is 5.52. The molecule has 42 heavy (non-hydrogen) atoms. The Kier molecular flexibility index (Phi) is 16.8. The number of nitrogens with two attached hydrogens (primary N) is 1. The Balaban J connectivity index is 0.000000760. The number of amides is 1. The van der Waals surface area contributed by atoms with Crippen molar-refractivity contribution in [2.45, 2.75) is 46.9 Å². The Morgan fingerprint density at radius 3 is 2.12 bits per heavy atom. The molecule has 0 aliphatic rings. The summed E-state index contributed by atoms with van der Waals surface area (Å²) in [5.74, 6) is 1.14. The zero-order chi connectivity index (χ0) is 31.5. The van der Waals surface area contributed by atoms with E-state index in [1.165, 1.54) is 30.6 Å². The van der Waals surface area contributed by atoms with Crippen molar-refractivity contribution in [1.82, 2.24) is 15.3 Å². The molecule has 0 saturated carbocycles. The molecule has 3 rings (SSSR count).